The Morgan fingerprint density at radius 1 is 1.26 bits per heavy atom. The third-order valence-electron chi connectivity index (χ3n) is 3.03. The van der Waals surface area contributed by atoms with Crippen LogP contribution in [-0.2, 0) is 13.2 Å². The van der Waals surface area contributed by atoms with Crippen LogP contribution < -0.4 is 4.90 Å². The molecule has 0 aliphatic carbocycles. The second kappa shape index (κ2) is 6.68. The second-order valence-electron chi connectivity index (χ2n) is 4.27. The molecule has 0 saturated heterocycles. The molecule has 1 aromatic carbocycles. The Labute approximate surface area is 122 Å². The summed E-state index contributed by atoms with van der Waals surface area (Å²) in [6.07, 6.45) is 1.81. The predicted octanol–water partition coefficient (Wildman–Crippen LogP) is 3.36. The minimum Gasteiger partial charge on any atom is -0.392 e. The third kappa shape index (κ3) is 3.55. The maximum atomic E-state index is 9.19. The van der Waals surface area contributed by atoms with Gasteiger partial charge in [-0.05, 0) is 36.8 Å². The van der Waals surface area contributed by atoms with E-state index in [1.807, 2.05) is 42.6 Å². The molecule has 1 heterocycles. The molecule has 3 nitrogen and oxygen atoms in total. The first-order valence-electron chi connectivity index (χ1n) is 6.28. The summed E-state index contributed by atoms with van der Waals surface area (Å²) < 4.78 is 0.937. The van der Waals surface area contributed by atoms with Gasteiger partial charge in [-0.25, -0.2) is 0 Å². The molecule has 0 bridgehead atoms. The molecule has 19 heavy (non-hydrogen) atoms. The Kier molecular flexibility index (Phi) is 4.93. The first-order valence-corrected chi connectivity index (χ1v) is 7.08. The lowest BCUT2D eigenvalue weighted by molar-refractivity contribution is 0.281. The van der Waals surface area contributed by atoms with E-state index in [1.165, 1.54) is 0 Å². The molecule has 0 amide bonds. The highest BCUT2D eigenvalue weighted by Gasteiger charge is 2.08. The molecule has 0 spiro atoms. The number of aliphatic hydroxyl groups is 1. The summed E-state index contributed by atoms with van der Waals surface area (Å²) in [4.78, 5) is 6.60. The maximum Gasteiger partial charge on any atom is 0.0692 e. The number of benzene rings is 1. The van der Waals surface area contributed by atoms with Crippen molar-refractivity contribution < 1.29 is 5.11 Å². The van der Waals surface area contributed by atoms with Crippen LogP contribution in [0.25, 0.3) is 0 Å². The van der Waals surface area contributed by atoms with Gasteiger partial charge in [0.15, 0.2) is 0 Å². The van der Waals surface area contributed by atoms with E-state index in [0.29, 0.717) is 0 Å². The summed E-state index contributed by atoms with van der Waals surface area (Å²) in [6.45, 7) is 3.85. The Morgan fingerprint density at radius 2 is 2.11 bits per heavy atom. The number of aliphatic hydroxyl groups excluding tert-OH is 1. The van der Waals surface area contributed by atoms with Crippen LogP contribution in [0, 0.1) is 0 Å². The van der Waals surface area contributed by atoms with Crippen molar-refractivity contribution in [2.45, 2.75) is 20.1 Å². The Hall–Kier alpha value is -1.39. The van der Waals surface area contributed by atoms with Crippen molar-refractivity contribution in [2.24, 2.45) is 0 Å². The van der Waals surface area contributed by atoms with Gasteiger partial charge in [0.05, 0.1) is 18.8 Å². The maximum absolute atomic E-state index is 9.19. The SMILES string of the molecule is CCN(Cc1ccccn1)c1ccc(CO)c(Br)c1. The quantitative estimate of drug-likeness (QED) is 0.917. The third-order valence-corrected chi connectivity index (χ3v) is 3.77. The molecule has 2 rings (SSSR count). The van der Waals surface area contributed by atoms with Crippen LogP contribution >= 0.6 is 15.9 Å². The van der Waals surface area contributed by atoms with Crippen molar-refractivity contribution >= 4 is 21.6 Å². The normalized spacial score (nSPS) is 10.5. The van der Waals surface area contributed by atoms with Gasteiger partial charge < -0.3 is 10.0 Å². The molecule has 0 fully saturated rings. The largest absolute Gasteiger partial charge is 0.392 e. The number of pyridine rings is 1. The molecule has 0 radical (unpaired) electrons. The van der Waals surface area contributed by atoms with Crippen LogP contribution in [0.5, 0.6) is 0 Å². The number of hydrogen-bond donors (Lipinski definition) is 1. The van der Waals surface area contributed by atoms with Gasteiger partial charge in [-0.2, -0.15) is 0 Å². The van der Waals surface area contributed by atoms with Crippen molar-refractivity contribution in [3.05, 3.63) is 58.3 Å². The van der Waals surface area contributed by atoms with E-state index in [1.54, 1.807) is 0 Å². The lowest BCUT2D eigenvalue weighted by atomic mass is 10.2. The van der Waals surface area contributed by atoms with Crippen LogP contribution in [-0.4, -0.2) is 16.6 Å². The molecule has 0 atom stereocenters. The van der Waals surface area contributed by atoms with Crippen molar-refractivity contribution in [2.75, 3.05) is 11.4 Å². The molecule has 0 aliphatic rings. The van der Waals surface area contributed by atoms with Crippen LogP contribution in [0.3, 0.4) is 0 Å². The molecule has 4 heteroatoms. The van der Waals surface area contributed by atoms with Gasteiger partial charge >= 0.3 is 0 Å². The van der Waals surface area contributed by atoms with E-state index in [9.17, 15) is 5.11 Å². The zero-order valence-electron chi connectivity index (χ0n) is 10.9. The van der Waals surface area contributed by atoms with Gasteiger partial charge in [0.2, 0.25) is 0 Å². The van der Waals surface area contributed by atoms with E-state index >= 15 is 0 Å². The fraction of sp³-hybridized carbons (Fsp3) is 0.267. The summed E-state index contributed by atoms with van der Waals surface area (Å²) in [5, 5.41) is 9.19. The molecule has 0 unspecified atom stereocenters. The second-order valence-corrected chi connectivity index (χ2v) is 5.12. The Morgan fingerprint density at radius 3 is 2.68 bits per heavy atom. The average molecular weight is 321 g/mol. The molecule has 1 N–H and O–H groups in total. The number of rotatable bonds is 5. The summed E-state index contributed by atoms with van der Waals surface area (Å²) >= 11 is 3.49. The van der Waals surface area contributed by atoms with Crippen LogP contribution in [0.1, 0.15) is 18.2 Å². The van der Waals surface area contributed by atoms with E-state index in [0.717, 1.165) is 34.5 Å². The summed E-state index contributed by atoms with van der Waals surface area (Å²) in [5.41, 5.74) is 3.07. The molecule has 0 aliphatic heterocycles. The standard InChI is InChI=1S/C15H17BrN2O/c1-2-18(10-13-5-3-4-8-17-13)14-7-6-12(11-19)15(16)9-14/h3-9,19H,2,10-11H2,1H3. The first-order chi connectivity index (χ1) is 9.24. The molecular weight excluding hydrogens is 304 g/mol. The average Bonchev–Trinajstić information content (AvgIpc) is 2.46. The zero-order valence-corrected chi connectivity index (χ0v) is 12.5. The van der Waals surface area contributed by atoms with Crippen LogP contribution in [0.4, 0.5) is 5.69 Å². The van der Waals surface area contributed by atoms with Gasteiger partial charge in [0.1, 0.15) is 0 Å². The number of nitrogens with zero attached hydrogens (tertiary/aromatic N) is 2. The topological polar surface area (TPSA) is 36.4 Å². The van der Waals surface area contributed by atoms with Gasteiger partial charge in [0.25, 0.3) is 0 Å². The molecule has 1 aromatic heterocycles. The summed E-state index contributed by atoms with van der Waals surface area (Å²) in [6, 6.07) is 12.0. The van der Waals surface area contributed by atoms with Crippen molar-refractivity contribution in [1.29, 1.82) is 0 Å². The lowest BCUT2D eigenvalue weighted by Crippen LogP contribution is -2.22. The Balaban J connectivity index is 2.20. The highest BCUT2D eigenvalue weighted by Crippen LogP contribution is 2.25. The fourth-order valence-electron chi connectivity index (χ4n) is 1.93. The van der Waals surface area contributed by atoms with Crippen molar-refractivity contribution in [3.63, 3.8) is 0 Å². The van der Waals surface area contributed by atoms with Crippen LogP contribution in [0.15, 0.2) is 47.1 Å². The van der Waals surface area contributed by atoms with E-state index in [4.69, 9.17) is 0 Å². The molecule has 100 valence electrons. The number of hydrogen-bond acceptors (Lipinski definition) is 3. The van der Waals surface area contributed by atoms with Crippen LogP contribution in [0.2, 0.25) is 0 Å². The number of anilines is 1. The molecule has 0 saturated carbocycles. The van der Waals surface area contributed by atoms with E-state index < -0.39 is 0 Å². The highest BCUT2D eigenvalue weighted by atomic mass is 79.9. The smallest absolute Gasteiger partial charge is 0.0692 e. The minimum absolute atomic E-state index is 0.0488. The Bertz CT molecular complexity index is 531. The van der Waals surface area contributed by atoms with Gasteiger partial charge in [-0.15, -0.1) is 0 Å². The minimum atomic E-state index is 0.0488. The number of halogens is 1. The van der Waals surface area contributed by atoms with Gasteiger partial charge in [0, 0.05) is 22.9 Å². The predicted molar refractivity (Wildman–Crippen MR) is 81.0 cm³/mol. The lowest BCUT2D eigenvalue weighted by Gasteiger charge is -2.23. The zero-order chi connectivity index (χ0) is 13.7. The van der Waals surface area contributed by atoms with Gasteiger partial charge in [-0.1, -0.05) is 28.1 Å². The van der Waals surface area contributed by atoms with E-state index in [-0.39, 0.29) is 6.61 Å². The summed E-state index contributed by atoms with van der Waals surface area (Å²) in [7, 11) is 0. The highest BCUT2D eigenvalue weighted by molar-refractivity contribution is 9.10. The molecular formula is C15H17BrN2O. The first kappa shape index (κ1) is 14.0. The summed E-state index contributed by atoms with van der Waals surface area (Å²) in [5.74, 6) is 0. The van der Waals surface area contributed by atoms with Crippen molar-refractivity contribution in [1.82, 2.24) is 4.98 Å². The monoisotopic (exact) mass is 320 g/mol. The number of aromatic nitrogens is 1. The fourth-order valence-corrected chi connectivity index (χ4v) is 2.43. The van der Waals surface area contributed by atoms with E-state index in [2.05, 4.69) is 32.7 Å². The van der Waals surface area contributed by atoms with Crippen molar-refractivity contribution in [3.8, 4) is 0 Å². The van der Waals surface area contributed by atoms with Gasteiger partial charge in [-0.3, -0.25) is 4.98 Å². The molecule has 2 aromatic rings.